The van der Waals surface area contributed by atoms with Crippen molar-refractivity contribution >= 4 is 0 Å². The van der Waals surface area contributed by atoms with E-state index < -0.39 is 0 Å². The normalized spacial score (nSPS) is 12.8. The molecule has 1 aromatic rings. The van der Waals surface area contributed by atoms with Gasteiger partial charge < -0.3 is 10.3 Å². The number of unbranched alkanes of at least 4 members (excludes halogenated alkanes) is 2. The summed E-state index contributed by atoms with van der Waals surface area (Å²) in [6.45, 7) is 6.79. The highest BCUT2D eigenvalue weighted by Crippen LogP contribution is 2.07. The van der Waals surface area contributed by atoms with Crippen LogP contribution in [0, 0.1) is 6.92 Å². The molecule has 1 heterocycles. The summed E-state index contributed by atoms with van der Waals surface area (Å²) in [5.41, 5.74) is 7.58. The highest BCUT2D eigenvalue weighted by molar-refractivity contribution is 5.18. The summed E-state index contributed by atoms with van der Waals surface area (Å²) < 4.78 is 1.84. The Morgan fingerprint density at radius 2 is 2.06 bits per heavy atom. The topological polar surface area (TPSA) is 48.0 Å². The Morgan fingerprint density at radius 1 is 1.38 bits per heavy atom. The van der Waals surface area contributed by atoms with E-state index in [0.717, 1.165) is 25.1 Å². The molecule has 16 heavy (non-hydrogen) atoms. The zero-order valence-corrected chi connectivity index (χ0v) is 10.5. The summed E-state index contributed by atoms with van der Waals surface area (Å²) in [7, 11) is 0. The second-order valence-corrected chi connectivity index (χ2v) is 4.38. The monoisotopic (exact) mass is 222 g/mol. The van der Waals surface area contributed by atoms with Crippen molar-refractivity contribution < 1.29 is 0 Å². The van der Waals surface area contributed by atoms with Crippen molar-refractivity contribution in [1.82, 2.24) is 4.57 Å². The third-order valence-electron chi connectivity index (χ3n) is 2.90. The Morgan fingerprint density at radius 3 is 2.62 bits per heavy atom. The number of hydrogen-bond donors (Lipinski definition) is 1. The first-order chi connectivity index (χ1) is 7.57. The van der Waals surface area contributed by atoms with E-state index in [-0.39, 0.29) is 11.6 Å². The molecule has 90 valence electrons. The standard InChI is InChI=1S/C13H22N2O/c1-4-5-6-9-15-10(2)7-8-12(11(3)14)13(15)16/h7-8,11H,4-6,9,14H2,1-3H3. The van der Waals surface area contributed by atoms with Gasteiger partial charge in [-0.15, -0.1) is 0 Å². The van der Waals surface area contributed by atoms with Crippen molar-refractivity contribution in [2.45, 2.75) is 52.6 Å². The number of rotatable bonds is 5. The molecular weight excluding hydrogens is 200 g/mol. The summed E-state index contributed by atoms with van der Waals surface area (Å²) in [5.74, 6) is 0. The first kappa shape index (κ1) is 13.0. The van der Waals surface area contributed by atoms with Gasteiger partial charge in [-0.05, 0) is 26.3 Å². The van der Waals surface area contributed by atoms with Gasteiger partial charge >= 0.3 is 0 Å². The summed E-state index contributed by atoms with van der Waals surface area (Å²) in [5, 5.41) is 0. The van der Waals surface area contributed by atoms with Crippen LogP contribution in [0.15, 0.2) is 16.9 Å². The quantitative estimate of drug-likeness (QED) is 0.777. The van der Waals surface area contributed by atoms with E-state index in [1.54, 1.807) is 0 Å². The van der Waals surface area contributed by atoms with Crippen LogP contribution in [0.25, 0.3) is 0 Å². The van der Waals surface area contributed by atoms with Crippen molar-refractivity contribution in [3.8, 4) is 0 Å². The highest BCUT2D eigenvalue weighted by Gasteiger charge is 2.08. The van der Waals surface area contributed by atoms with Crippen LogP contribution in [0.4, 0.5) is 0 Å². The van der Waals surface area contributed by atoms with E-state index in [9.17, 15) is 4.79 Å². The maximum atomic E-state index is 12.1. The Bertz CT molecular complexity index is 393. The molecule has 1 atom stereocenters. The zero-order valence-electron chi connectivity index (χ0n) is 10.5. The van der Waals surface area contributed by atoms with Gasteiger partial charge in [0.1, 0.15) is 0 Å². The maximum Gasteiger partial charge on any atom is 0.255 e. The molecule has 3 heteroatoms. The van der Waals surface area contributed by atoms with Crippen LogP contribution < -0.4 is 11.3 Å². The van der Waals surface area contributed by atoms with Crippen LogP contribution in [-0.2, 0) is 6.54 Å². The Labute approximate surface area is 97.3 Å². The Balaban J connectivity index is 2.97. The number of pyridine rings is 1. The molecule has 0 bridgehead atoms. The van der Waals surface area contributed by atoms with E-state index in [0.29, 0.717) is 5.56 Å². The van der Waals surface area contributed by atoms with E-state index in [1.807, 2.05) is 30.5 Å². The van der Waals surface area contributed by atoms with E-state index in [4.69, 9.17) is 5.73 Å². The molecule has 0 fully saturated rings. The van der Waals surface area contributed by atoms with Gasteiger partial charge in [0.05, 0.1) is 0 Å². The maximum absolute atomic E-state index is 12.1. The minimum absolute atomic E-state index is 0.0751. The van der Waals surface area contributed by atoms with Crippen LogP contribution in [0.1, 0.15) is 50.4 Å². The van der Waals surface area contributed by atoms with E-state index in [2.05, 4.69) is 6.92 Å². The lowest BCUT2D eigenvalue weighted by molar-refractivity contribution is 0.568. The first-order valence-electron chi connectivity index (χ1n) is 6.03. The minimum Gasteiger partial charge on any atom is -0.324 e. The molecule has 0 aliphatic rings. The van der Waals surface area contributed by atoms with Gasteiger partial charge in [0.25, 0.3) is 5.56 Å². The lowest BCUT2D eigenvalue weighted by atomic mass is 10.1. The summed E-state index contributed by atoms with van der Waals surface area (Å²) in [6, 6.07) is 3.63. The van der Waals surface area contributed by atoms with E-state index in [1.165, 1.54) is 6.42 Å². The predicted octanol–water partition coefficient (Wildman–Crippen LogP) is 2.37. The molecule has 0 aromatic carbocycles. The zero-order chi connectivity index (χ0) is 12.1. The minimum atomic E-state index is -0.189. The lowest BCUT2D eigenvalue weighted by Gasteiger charge is -2.13. The van der Waals surface area contributed by atoms with Crippen molar-refractivity contribution in [1.29, 1.82) is 0 Å². The highest BCUT2D eigenvalue weighted by atomic mass is 16.1. The van der Waals surface area contributed by atoms with Crippen LogP contribution in [0.5, 0.6) is 0 Å². The summed E-state index contributed by atoms with van der Waals surface area (Å²) >= 11 is 0. The third-order valence-corrected chi connectivity index (χ3v) is 2.90. The number of aryl methyl sites for hydroxylation is 1. The molecule has 0 saturated heterocycles. The molecule has 0 saturated carbocycles. The smallest absolute Gasteiger partial charge is 0.255 e. The van der Waals surface area contributed by atoms with Crippen molar-refractivity contribution in [3.63, 3.8) is 0 Å². The van der Waals surface area contributed by atoms with Gasteiger partial charge in [-0.1, -0.05) is 25.8 Å². The van der Waals surface area contributed by atoms with Crippen LogP contribution in [-0.4, -0.2) is 4.57 Å². The number of nitrogens with two attached hydrogens (primary N) is 1. The first-order valence-corrected chi connectivity index (χ1v) is 6.03. The lowest BCUT2D eigenvalue weighted by Crippen LogP contribution is -2.28. The summed E-state index contributed by atoms with van der Waals surface area (Å²) in [4.78, 5) is 12.1. The van der Waals surface area contributed by atoms with Gasteiger partial charge in [-0.2, -0.15) is 0 Å². The van der Waals surface area contributed by atoms with Gasteiger partial charge in [-0.25, -0.2) is 0 Å². The number of aromatic nitrogens is 1. The van der Waals surface area contributed by atoms with E-state index >= 15 is 0 Å². The van der Waals surface area contributed by atoms with Gasteiger partial charge in [0.2, 0.25) is 0 Å². The van der Waals surface area contributed by atoms with Crippen molar-refractivity contribution in [3.05, 3.63) is 33.7 Å². The second kappa shape index (κ2) is 5.85. The molecule has 0 aliphatic carbocycles. The molecule has 0 aliphatic heterocycles. The average Bonchev–Trinajstić information content (AvgIpc) is 2.22. The number of nitrogens with zero attached hydrogens (tertiary/aromatic N) is 1. The largest absolute Gasteiger partial charge is 0.324 e. The van der Waals surface area contributed by atoms with Gasteiger partial charge in [0.15, 0.2) is 0 Å². The molecule has 1 rings (SSSR count). The second-order valence-electron chi connectivity index (χ2n) is 4.38. The van der Waals surface area contributed by atoms with Gasteiger partial charge in [0, 0.05) is 23.8 Å². The van der Waals surface area contributed by atoms with Crippen molar-refractivity contribution in [2.75, 3.05) is 0 Å². The van der Waals surface area contributed by atoms with Gasteiger partial charge in [-0.3, -0.25) is 4.79 Å². The van der Waals surface area contributed by atoms with Crippen LogP contribution in [0.2, 0.25) is 0 Å². The SMILES string of the molecule is CCCCCn1c(C)ccc(C(C)N)c1=O. The summed E-state index contributed by atoms with van der Waals surface area (Å²) in [6.07, 6.45) is 3.38. The van der Waals surface area contributed by atoms with Crippen LogP contribution in [0.3, 0.4) is 0 Å². The third kappa shape index (κ3) is 2.95. The molecule has 2 N–H and O–H groups in total. The van der Waals surface area contributed by atoms with Crippen molar-refractivity contribution in [2.24, 2.45) is 5.73 Å². The fourth-order valence-corrected chi connectivity index (χ4v) is 1.83. The molecule has 1 unspecified atom stereocenters. The predicted molar refractivity (Wildman–Crippen MR) is 67.6 cm³/mol. The average molecular weight is 222 g/mol. The molecule has 3 nitrogen and oxygen atoms in total. The fraction of sp³-hybridized carbons (Fsp3) is 0.615. The van der Waals surface area contributed by atoms with Crippen LogP contribution >= 0.6 is 0 Å². The molecule has 0 amide bonds. The molecule has 1 aromatic heterocycles. The number of hydrogen-bond acceptors (Lipinski definition) is 2. The fourth-order valence-electron chi connectivity index (χ4n) is 1.83. The molecular formula is C13H22N2O. The Hall–Kier alpha value is -1.09. The Kier molecular flexibility index (Phi) is 4.74. The molecule has 0 radical (unpaired) electrons. The molecule has 0 spiro atoms.